The summed E-state index contributed by atoms with van der Waals surface area (Å²) in [6, 6.07) is 11.3. The van der Waals surface area contributed by atoms with E-state index >= 15 is 0 Å². The van der Waals surface area contributed by atoms with Crippen molar-refractivity contribution in [3.63, 3.8) is 0 Å². The number of halogens is 1. The molecule has 0 radical (unpaired) electrons. The molecule has 0 amide bonds. The van der Waals surface area contributed by atoms with Gasteiger partial charge in [-0.3, -0.25) is 4.98 Å². The van der Waals surface area contributed by atoms with Crippen LogP contribution in [0.3, 0.4) is 0 Å². The van der Waals surface area contributed by atoms with E-state index in [0.29, 0.717) is 5.56 Å². The molecule has 18 heavy (non-hydrogen) atoms. The highest BCUT2D eigenvalue weighted by Crippen LogP contribution is 2.36. The van der Waals surface area contributed by atoms with Gasteiger partial charge >= 0.3 is 0 Å². The molecule has 3 rings (SSSR count). The van der Waals surface area contributed by atoms with Crippen molar-refractivity contribution in [3.05, 3.63) is 48.3 Å². The number of aromatic amines is 1. The molecule has 3 N–H and O–H groups in total. The van der Waals surface area contributed by atoms with Crippen molar-refractivity contribution in [2.75, 3.05) is 0 Å². The minimum absolute atomic E-state index is 0.107. The standard InChI is InChI=1S/C14H10FNO2/c15-9-4-5-10-8(6-9)2-1-3-11(10)12-7-13(17)16-14(12)18/h1-7,16-18H. The fourth-order valence-electron chi connectivity index (χ4n) is 2.12. The van der Waals surface area contributed by atoms with Gasteiger partial charge in [-0.25, -0.2) is 4.39 Å². The van der Waals surface area contributed by atoms with Crippen molar-refractivity contribution in [3.8, 4) is 22.9 Å². The number of benzene rings is 2. The Kier molecular flexibility index (Phi) is 2.23. The van der Waals surface area contributed by atoms with E-state index in [1.54, 1.807) is 18.2 Å². The number of rotatable bonds is 1. The zero-order valence-corrected chi connectivity index (χ0v) is 9.31. The summed E-state index contributed by atoms with van der Waals surface area (Å²) >= 11 is 0. The maximum absolute atomic E-state index is 13.2. The Hall–Kier alpha value is -2.49. The SMILES string of the molecule is Oc1cc(-c2cccc3cc(F)ccc23)c(O)[nH]1. The van der Waals surface area contributed by atoms with Crippen molar-refractivity contribution in [1.29, 1.82) is 0 Å². The minimum atomic E-state index is -0.305. The van der Waals surface area contributed by atoms with E-state index in [-0.39, 0.29) is 17.6 Å². The van der Waals surface area contributed by atoms with E-state index in [4.69, 9.17) is 0 Å². The molecular weight excluding hydrogens is 233 g/mol. The van der Waals surface area contributed by atoms with Crippen LogP contribution in [-0.2, 0) is 0 Å². The van der Waals surface area contributed by atoms with Crippen LogP contribution < -0.4 is 0 Å². The van der Waals surface area contributed by atoms with Crippen LogP contribution in [-0.4, -0.2) is 15.2 Å². The highest BCUT2D eigenvalue weighted by molar-refractivity contribution is 5.97. The lowest BCUT2D eigenvalue weighted by Gasteiger charge is -2.05. The van der Waals surface area contributed by atoms with Gasteiger partial charge in [0.05, 0.1) is 0 Å². The summed E-state index contributed by atoms with van der Waals surface area (Å²) < 4.78 is 13.2. The molecule has 1 aromatic heterocycles. The Bertz CT molecular complexity index is 734. The molecule has 2 aromatic carbocycles. The van der Waals surface area contributed by atoms with Crippen LogP contribution in [0.2, 0.25) is 0 Å². The highest BCUT2D eigenvalue weighted by Gasteiger charge is 2.11. The summed E-state index contributed by atoms with van der Waals surface area (Å²) in [5.41, 5.74) is 1.23. The lowest BCUT2D eigenvalue weighted by atomic mass is 10.00. The third-order valence-corrected chi connectivity index (χ3v) is 2.92. The Labute approximate surface area is 102 Å². The van der Waals surface area contributed by atoms with Gasteiger partial charge in [0.1, 0.15) is 5.82 Å². The van der Waals surface area contributed by atoms with E-state index in [2.05, 4.69) is 4.98 Å². The second-order valence-corrected chi connectivity index (χ2v) is 4.09. The van der Waals surface area contributed by atoms with Crippen LogP contribution in [0.25, 0.3) is 21.9 Å². The van der Waals surface area contributed by atoms with E-state index < -0.39 is 0 Å². The predicted molar refractivity (Wildman–Crippen MR) is 67.0 cm³/mol. The molecule has 4 heteroatoms. The summed E-state index contributed by atoms with van der Waals surface area (Å²) in [5, 5.41) is 20.6. The average Bonchev–Trinajstić information content (AvgIpc) is 2.67. The second-order valence-electron chi connectivity index (χ2n) is 4.09. The molecule has 0 unspecified atom stereocenters. The lowest BCUT2D eigenvalue weighted by molar-refractivity contribution is 0.426. The van der Waals surface area contributed by atoms with Crippen LogP contribution in [0, 0.1) is 5.82 Å². The van der Waals surface area contributed by atoms with Crippen molar-refractivity contribution < 1.29 is 14.6 Å². The molecule has 0 spiro atoms. The molecular formula is C14H10FNO2. The molecule has 0 aliphatic carbocycles. The summed E-state index contributed by atoms with van der Waals surface area (Å²) in [5.74, 6) is -0.522. The number of aromatic hydroxyl groups is 2. The zero-order valence-electron chi connectivity index (χ0n) is 9.31. The van der Waals surface area contributed by atoms with Crippen molar-refractivity contribution >= 4 is 10.8 Å². The van der Waals surface area contributed by atoms with Crippen molar-refractivity contribution in [1.82, 2.24) is 4.98 Å². The van der Waals surface area contributed by atoms with Crippen LogP contribution in [0.4, 0.5) is 4.39 Å². The van der Waals surface area contributed by atoms with Gasteiger partial charge in [0.15, 0.2) is 11.8 Å². The molecule has 0 aliphatic rings. The smallest absolute Gasteiger partial charge is 0.199 e. The first-order valence-electron chi connectivity index (χ1n) is 5.45. The molecule has 3 aromatic rings. The normalized spacial score (nSPS) is 10.9. The summed E-state index contributed by atoms with van der Waals surface area (Å²) in [6.45, 7) is 0. The second kappa shape index (κ2) is 3.77. The van der Waals surface area contributed by atoms with E-state index in [0.717, 1.165) is 16.3 Å². The summed E-state index contributed by atoms with van der Waals surface area (Å²) in [6.07, 6.45) is 0. The first-order valence-corrected chi connectivity index (χ1v) is 5.45. The largest absolute Gasteiger partial charge is 0.494 e. The van der Waals surface area contributed by atoms with Crippen LogP contribution in [0.15, 0.2) is 42.5 Å². The highest BCUT2D eigenvalue weighted by atomic mass is 19.1. The quantitative estimate of drug-likeness (QED) is 0.613. The van der Waals surface area contributed by atoms with Crippen LogP contribution in [0.5, 0.6) is 11.8 Å². The molecule has 0 aliphatic heterocycles. The number of hydrogen-bond donors (Lipinski definition) is 3. The Balaban J connectivity index is 2.32. The number of H-pyrrole nitrogens is 1. The fraction of sp³-hybridized carbons (Fsp3) is 0. The molecule has 3 nitrogen and oxygen atoms in total. The van der Waals surface area contributed by atoms with Gasteiger partial charge in [0.2, 0.25) is 0 Å². The molecule has 90 valence electrons. The van der Waals surface area contributed by atoms with Gasteiger partial charge < -0.3 is 10.2 Å². The molecule has 0 saturated heterocycles. The molecule has 0 saturated carbocycles. The minimum Gasteiger partial charge on any atom is -0.494 e. The van der Waals surface area contributed by atoms with Crippen LogP contribution in [0.1, 0.15) is 0 Å². The first-order chi connectivity index (χ1) is 8.65. The van der Waals surface area contributed by atoms with Gasteiger partial charge in [-0.05, 0) is 28.5 Å². The number of fused-ring (bicyclic) bond motifs is 1. The summed E-state index contributed by atoms with van der Waals surface area (Å²) in [7, 11) is 0. The number of nitrogens with one attached hydrogen (secondary N) is 1. The Morgan fingerprint density at radius 3 is 2.50 bits per heavy atom. The van der Waals surface area contributed by atoms with Crippen molar-refractivity contribution in [2.45, 2.75) is 0 Å². The Morgan fingerprint density at radius 1 is 0.944 bits per heavy atom. The fourth-order valence-corrected chi connectivity index (χ4v) is 2.12. The first kappa shape index (κ1) is 10.7. The third-order valence-electron chi connectivity index (χ3n) is 2.92. The summed E-state index contributed by atoms with van der Waals surface area (Å²) in [4.78, 5) is 2.42. The van der Waals surface area contributed by atoms with Gasteiger partial charge in [-0.15, -0.1) is 0 Å². The third kappa shape index (κ3) is 1.59. The van der Waals surface area contributed by atoms with Gasteiger partial charge in [0, 0.05) is 11.6 Å². The Morgan fingerprint density at radius 2 is 1.78 bits per heavy atom. The number of aromatic nitrogens is 1. The van der Waals surface area contributed by atoms with Crippen molar-refractivity contribution in [2.24, 2.45) is 0 Å². The average molecular weight is 243 g/mol. The van der Waals surface area contributed by atoms with E-state index in [1.165, 1.54) is 18.2 Å². The number of hydrogen-bond acceptors (Lipinski definition) is 2. The van der Waals surface area contributed by atoms with Gasteiger partial charge in [-0.2, -0.15) is 0 Å². The topological polar surface area (TPSA) is 56.2 Å². The molecule has 0 atom stereocenters. The predicted octanol–water partition coefficient (Wildman–Crippen LogP) is 3.39. The lowest BCUT2D eigenvalue weighted by Crippen LogP contribution is -1.81. The maximum Gasteiger partial charge on any atom is 0.199 e. The van der Waals surface area contributed by atoms with Gasteiger partial charge in [-0.1, -0.05) is 24.3 Å². The van der Waals surface area contributed by atoms with E-state index in [1.807, 2.05) is 6.07 Å². The molecule has 1 heterocycles. The van der Waals surface area contributed by atoms with Crippen LogP contribution >= 0.6 is 0 Å². The van der Waals surface area contributed by atoms with E-state index in [9.17, 15) is 14.6 Å². The molecule has 0 fully saturated rings. The van der Waals surface area contributed by atoms with Gasteiger partial charge in [0.25, 0.3) is 0 Å². The zero-order chi connectivity index (χ0) is 12.7. The monoisotopic (exact) mass is 243 g/mol. The molecule has 0 bridgehead atoms. The maximum atomic E-state index is 13.2.